The van der Waals surface area contributed by atoms with Gasteiger partial charge in [-0.2, -0.15) is 0 Å². The van der Waals surface area contributed by atoms with E-state index in [9.17, 15) is 0 Å². The van der Waals surface area contributed by atoms with Crippen LogP contribution in [-0.4, -0.2) is 31.8 Å². The zero-order valence-corrected chi connectivity index (χ0v) is 8.25. The van der Waals surface area contributed by atoms with E-state index in [0.29, 0.717) is 12.5 Å². The highest BCUT2D eigenvalue weighted by atomic mass is 16.5. The van der Waals surface area contributed by atoms with Crippen molar-refractivity contribution in [3.8, 4) is 0 Å². The van der Waals surface area contributed by atoms with E-state index in [2.05, 4.69) is 10.3 Å². The number of guanidine groups is 1. The molecule has 76 valence electrons. The first-order chi connectivity index (χ1) is 6.33. The first-order valence-corrected chi connectivity index (χ1v) is 4.98. The molecule has 3 N–H and O–H groups in total. The van der Waals surface area contributed by atoms with Crippen molar-refractivity contribution >= 4 is 5.96 Å². The van der Waals surface area contributed by atoms with Gasteiger partial charge in [0, 0.05) is 13.2 Å². The molecule has 1 rings (SSSR count). The summed E-state index contributed by atoms with van der Waals surface area (Å²) in [6, 6.07) is 0. The summed E-state index contributed by atoms with van der Waals surface area (Å²) in [5, 5.41) is 2.96. The molecule has 1 aliphatic heterocycles. The number of ether oxygens (including phenoxy) is 1. The van der Waals surface area contributed by atoms with Crippen LogP contribution < -0.4 is 11.1 Å². The Morgan fingerprint density at radius 2 is 2.46 bits per heavy atom. The summed E-state index contributed by atoms with van der Waals surface area (Å²) < 4.78 is 5.52. The lowest BCUT2D eigenvalue weighted by Crippen LogP contribution is -2.33. The van der Waals surface area contributed by atoms with Crippen molar-refractivity contribution < 1.29 is 4.74 Å². The number of nitrogens with one attached hydrogen (secondary N) is 1. The van der Waals surface area contributed by atoms with Gasteiger partial charge in [0.1, 0.15) is 0 Å². The first kappa shape index (κ1) is 10.3. The van der Waals surface area contributed by atoms with Crippen molar-refractivity contribution in [2.45, 2.75) is 32.3 Å². The zero-order chi connectivity index (χ0) is 9.52. The molecule has 1 aliphatic rings. The van der Waals surface area contributed by atoms with Crippen LogP contribution in [-0.2, 0) is 4.74 Å². The molecule has 0 bridgehead atoms. The molecular formula is C9H19N3O. The topological polar surface area (TPSA) is 59.6 Å². The molecule has 13 heavy (non-hydrogen) atoms. The number of aliphatic imine (C=N–C) groups is 1. The van der Waals surface area contributed by atoms with Gasteiger partial charge in [0.05, 0.1) is 12.6 Å². The molecule has 1 heterocycles. The molecule has 1 fully saturated rings. The molecule has 0 saturated carbocycles. The van der Waals surface area contributed by atoms with Gasteiger partial charge in [-0.15, -0.1) is 0 Å². The lowest BCUT2D eigenvalue weighted by atomic mass is 10.1. The van der Waals surface area contributed by atoms with Gasteiger partial charge in [-0.05, 0) is 26.2 Å². The van der Waals surface area contributed by atoms with E-state index in [0.717, 1.165) is 19.6 Å². The molecule has 0 amide bonds. The molecule has 0 aromatic heterocycles. The Balaban J connectivity index is 2.19. The number of rotatable bonds is 3. The van der Waals surface area contributed by atoms with Crippen LogP contribution in [0.15, 0.2) is 4.99 Å². The summed E-state index contributed by atoms with van der Waals surface area (Å²) in [5.41, 5.74) is 5.58. The van der Waals surface area contributed by atoms with Gasteiger partial charge in [-0.3, -0.25) is 4.99 Å². The van der Waals surface area contributed by atoms with Crippen LogP contribution in [0, 0.1) is 0 Å². The van der Waals surface area contributed by atoms with Gasteiger partial charge >= 0.3 is 0 Å². The quantitative estimate of drug-likeness (QED) is 0.496. The summed E-state index contributed by atoms with van der Waals surface area (Å²) >= 11 is 0. The van der Waals surface area contributed by atoms with Crippen LogP contribution in [0.25, 0.3) is 0 Å². The summed E-state index contributed by atoms with van der Waals surface area (Å²) in [6.07, 6.45) is 3.83. The molecule has 1 atom stereocenters. The highest BCUT2D eigenvalue weighted by Crippen LogP contribution is 2.12. The van der Waals surface area contributed by atoms with E-state index in [-0.39, 0.29) is 6.10 Å². The van der Waals surface area contributed by atoms with Crippen molar-refractivity contribution in [2.75, 3.05) is 19.7 Å². The van der Waals surface area contributed by atoms with Crippen molar-refractivity contribution in [3.63, 3.8) is 0 Å². The third-order valence-electron chi connectivity index (χ3n) is 2.10. The largest absolute Gasteiger partial charge is 0.376 e. The standard InChI is InChI=1S/C9H19N3O/c1-2-11-9(10)12-7-8-5-3-4-6-13-8/h8H,2-7H2,1H3,(H3,10,11,12). The fourth-order valence-electron chi connectivity index (χ4n) is 1.39. The number of nitrogens with zero attached hydrogens (tertiary/aromatic N) is 1. The molecular weight excluding hydrogens is 166 g/mol. The number of hydrogen-bond acceptors (Lipinski definition) is 2. The maximum atomic E-state index is 5.58. The average molecular weight is 185 g/mol. The monoisotopic (exact) mass is 185 g/mol. The molecule has 4 heteroatoms. The minimum atomic E-state index is 0.283. The third-order valence-corrected chi connectivity index (χ3v) is 2.10. The normalized spacial score (nSPS) is 24.4. The highest BCUT2D eigenvalue weighted by molar-refractivity contribution is 5.77. The molecule has 0 aromatic carbocycles. The van der Waals surface area contributed by atoms with E-state index in [1.54, 1.807) is 0 Å². The first-order valence-electron chi connectivity index (χ1n) is 4.98. The van der Waals surface area contributed by atoms with E-state index in [1.807, 2.05) is 6.92 Å². The van der Waals surface area contributed by atoms with Crippen molar-refractivity contribution in [2.24, 2.45) is 10.7 Å². The Kier molecular flexibility index (Phi) is 4.60. The summed E-state index contributed by atoms with van der Waals surface area (Å²) in [4.78, 5) is 4.20. The molecule has 0 aromatic rings. The average Bonchev–Trinajstić information content (AvgIpc) is 2.17. The summed E-state index contributed by atoms with van der Waals surface area (Å²) in [5.74, 6) is 0.525. The van der Waals surface area contributed by atoms with Crippen molar-refractivity contribution in [1.82, 2.24) is 5.32 Å². The van der Waals surface area contributed by atoms with Crippen molar-refractivity contribution in [3.05, 3.63) is 0 Å². The minimum Gasteiger partial charge on any atom is -0.376 e. The SMILES string of the molecule is CCNC(N)=NCC1CCCCO1. The van der Waals surface area contributed by atoms with Crippen LogP contribution in [0.1, 0.15) is 26.2 Å². The van der Waals surface area contributed by atoms with Crippen molar-refractivity contribution in [1.29, 1.82) is 0 Å². The Bertz CT molecular complexity index is 164. The minimum absolute atomic E-state index is 0.283. The number of hydrogen-bond donors (Lipinski definition) is 2. The smallest absolute Gasteiger partial charge is 0.188 e. The fraction of sp³-hybridized carbons (Fsp3) is 0.889. The Morgan fingerprint density at radius 1 is 1.62 bits per heavy atom. The van der Waals surface area contributed by atoms with E-state index in [4.69, 9.17) is 10.5 Å². The molecule has 0 spiro atoms. The van der Waals surface area contributed by atoms with Gasteiger partial charge in [0.2, 0.25) is 0 Å². The second-order valence-corrected chi connectivity index (χ2v) is 3.24. The predicted molar refractivity (Wildman–Crippen MR) is 53.8 cm³/mol. The maximum absolute atomic E-state index is 5.58. The second-order valence-electron chi connectivity index (χ2n) is 3.24. The summed E-state index contributed by atoms with van der Waals surface area (Å²) in [6.45, 7) is 4.39. The van der Waals surface area contributed by atoms with Gasteiger partial charge in [0.15, 0.2) is 5.96 Å². The van der Waals surface area contributed by atoms with Gasteiger partial charge in [-0.1, -0.05) is 0 Å². The van der Waals surface area contributed by atoms with Crippen LogP contribution in [0.2, 0.25) is 0 Å². The van der Waals surface area contributed by atoms with Gasteiger partial charge < -0.3 is 15.8 Å². The lowest BCUT2D eigenvalue weighted by Gasteiger charge is -2.20. The van der Waals surface area contributed by atoms with E-state index >= 15 is 0 Å². The number of nitrogens with two attached hydrogens (primary N) is 1. The van der Waals surface area contributed by atoms with E-state index < -0.39 is 0 Å². The van der Waals surface area contributed by atoms with Gasteiger partial charge in [0.25, 0.3) is 0 Å². The van der Waals surface area contributed by atoms with Crippen LogP contribution in [0.3, 0.4) is 0 Å². The Labute approximate surface area is 79.6 Å². The maximum Gasteiger partial charge on any atom is 0.188 e. The van der Waals surface area contributed by atoms with Gasteiger partial charge in [-0.25, -0.2) is 0 Å². The van der Waals surface area contributed by atoms with Crippen LogP contribution in [0.4, 0.5) is 0 Å². The third kappa shape index (κ3) is 4.12. The fourth-order valence-corrected chi connectivity index (χ4v) is 1.39. The highest BCUT2D eigenvalue weighted by Gasteiger charge is 2.12. The zero-order valence-electron chi connectivity index (χ0n) is 8.25. The molecule has 1 unspecified atom stereocenters. The lowest BCUT2D eigenvalue weighted by molar-refractivity contribution is 0.0224. The Hall–Kier alpha value is -0.770. The van der Waals surface area contributed by atoms with Crippen LogP contribution in [0.5, 0.6) is 0 Å². The molecule has 0 aliphatic carbocycles. The summed E-state index contributed by atoms with van der Waals surface area (Å²) in [7, 11) is 0. The van der Waals surface area contributed by atoms with Crippen LogP contribution >= 0.6 is 0 Å². The molecule has 1 saturated heterocycles. The predicted octanol–water partition coefficient (Wildman–Crippen LogP) is 0.480. The molecule has 0 radical (unpaired) electrons. The van der Waals surface area contributed by atoms with E-state index in [1.165, 1.54) is 12.8 Å². The second kappa shape index (κ2) is 5.80. The molecule has 4 nitrogen and oxygen atoms in total. The Morgan fingerprint density at radius 3 is 3.08 bits per heavy atom.